The molecule has 2 aromatic carbocycles. The molecule has 2 aliphatic rings. The molecule has 28 heavy (non-hydrogen) atoms. The van der Waals surface area contributed by atoms with Crippen LogP contribution < -0.4 is 4.74 Å². The second-order valence-corrected chi connectivity index (χ2v) is 8.20. The van der Waals surface area contributed by atoms with Crippen LogP contribution in [0.3, 0.4) is 0 Å². The van der Waals surface area contributed by atoms with Crippen molar-refractivity contribution in [3.8, 4) is 17.0 Å². The van der Waals surface area contributed by atoms with Gasteiger partial charge in [-0.05, 0) is 69.1 Å². The molecule has 0 N–H and O–H groups in total. The van der Waals surface area contributed by atoms with Gasteiger partial charge in [0.2, 0.25) is 0 Å². The summed E-state index contributed by atoms with van der Waals surface area (Å²) in [4.78, 5) is 2.63. The third kappa shape index (κ3) is 3.33. The minimum Gasteiger partial charge on any atom is -0.493 e. The van der Waals surface area contributed by atoms with E-state index in [1.165, 1.54) is 79.5 Å². The Kier molecular flexibility index (Phi) is 5.09. The van der Waals surface area contributed by atoms with E-state index in [1.807, 2.05) is 0 Å². The first-order chi connectivity index (χ1) is 13.9. The first kappa shape index (κ1) is 17.8. The van der Waals surface area contributed by atoms with Gasteiger partial charge in [-0.15, -0.1) is 0 Å². The normalized spacial score (nSPS) is 16.6. The Morgan fingerprint density at radius 1 is 0.821 bits per heavy atom. The maximum absolute atomic E-state index is 6.07. The van der Waals surface area contributed by atoms with Gasteiger partial charge in [0.05, 0.1) is 12.3 Å². The molecule has 0 amide bonds. The number of fused-ring (bicyclic) bond motifs is 5. The number of unbranched alkanes of at least 4 members (excludes halogenated alkanes) is 2. The van der Waals surface area contributed by atoms with E-state index >= 15 is 0 Å². The number of hydrogen-bond acceptors (Lipinski definition) is 2. The smallest absolute Gasteiger partial charge is 0.128 e. The van der Waals surface area contributed by atoms with Crippen molar-refractivity contribution in [2.24, 2.45) is 0 Å². The highest BCUT2D eigenvalue weighted by atomic mass is 16.5. The number of ether oxygens (including phenoxy) is 1. The number of likely N-dealkylation sites (tertiary alicyclic amines) is 1. The zero-order valence-electron chi connectivity index (χ0n) is 16.7. The monoisotopic (exact) mass is 374 g/mol. The van der Waals surface area contributed by atoms with Crippen molar-refractivity contribution in [2.45, 2.75) is 45.1 Å². The number of para-hydroxylation sites is 2. The number of aryl methyl sites for hydroxylation is 1. The van der Waals surface area contributed by atoms with E-state index in [4.69, 9.17) is 4.74 Å². The number of nitrogens with zero attached hydrogens (tertiary/aromatic N) is 2. The van der Waals surface area contributed by atoms with Gasteiger partial charge in [-0.3, -0.25) is 0 Å². The van der Waals surface area contributed by atoms with Crippen molar-refractivity contribution >= 4 is 10.9 Å². The predicted molar refractivity (Wildman–Crippen MR) is 116 cm³/mol. The predicted octanol–water partition coefficient (Wildman–Crippen LogP) is 5.51. The van der Waals surface area contributed by atoms with Crippen LogP contribution in [-0.4, -0.2) is 35.7 Å². The second-order valence-electron chi connectivity index (χ2n) is 8.20. The fourth-order valence-corrected chi connectivity index (χ4v) is 5.01. The van der Waals surface area contributed by atoms with E-state index < -0.39 is 0 Å². The molecule has 3 nitrogen and oxygen atoms in total. The van der Waals surface area contributed by atoms with E-state index in [0.29, 0.717) is 0 Å². The van der Waals surface area contributed by atoms with E-state index in [1.54, 1.807) is 0 Å². The van der Waals surface area contributed by atoms with E-state index in [0.717, 1.165) is 25.3 Å². The Balaban J connectivity index is 1.41. The average molecular weight is 375 g/mol. The number of benzene rings is 2. The molecule has 1 aromatic heterocycles. The lowest BCUT2D eigenvalue weighted by molar-refractivity contribution is 0.327. The molecule has 3 aromatic rings. The fourth-order valence-electron chi connectivity index (χ4n) is 5.01. The van der Waals surface area contributed by atoms with Gasteiger partial charge in [0.1, 0.15) is 5.75 Å². The zero-order chi connectivity index (χ0) is 18.8. The molecule has 0 spiro atoms. The van der Waals surface area contributed by atoms with E-state index in [-0.39, 0.29) is 0 Å². The first-order valence-corrected chi connectivity index (χ1v) is 11.0. The van der Waals surface area contributed by atoms with Gasteiger partial charge in [0, 0.05) is 29.4 Å². The molecular formula is C25H30N2O. The average Bonchev–Trinajstić information content (AvgIpc) is 3.30. The van der Waals surface area contributed by atoms with Crippen molar-refractivity contribution in [2.75, 3.05) is 26.2 Å². The van der Waals surface area contributed by atoms with Crippen molar-refractivity contribution in [3.63, 3.8) is 0 Å². The molecule has 0 atom stereocenters. The summed E-state index contributed by atoms with van der Waals surface area (Å²) in [6.45, 7) is 5.75. The number of hydrogen-bond donors (Lipinski definition) is 0. The highest BCUT2D eigenvalue weighted by Gasteiger charge is 2.23. The molecule has 1 saturated heterocycles. The molecule has 2 aliphatic heterocycles. The molecule has 0 saturated carbocycles. The van der Waals surface area contributed by atoms with Crippen LogP contribution in [0.4, 0.5) is 0 Å². The summed E-state index contributed by atoms with van der Waals surface area (Å²) >= 11 is 0. The largest absolute Gasteiger partial charge is 0.493 e. The Morgan fingerprint density at radius 3 is 2.54 bits per heavy atom. The lowest BCUT2D eigenvalue weighted by Crippen LogP contribution is -2.20. The summed E-state index contributed by atoms with van der Waals surface area (Å²) in [5, 5.41) is 1.40. The highest BCUT2D eigenvalue weighted by molar-refractivity contribution is 5.93. The highest BCUT2D eigenvalue weighted by Crippen LogP contribution is 2.40. The van der Waals surface area contributed by atoms with Crippen LogP contribution in [0.15, 0.2) is 48.5 Å². The Hall–Kier alpha value is -2.26. The summed E-state index contributed by atoms with van der Waals surface area (Å²) in [6.07, 6.45) is 7.62. The minimum absolute atomic E-state index is 0.758. The molecule has 0 bridgehead atoms. The van der Waals surface area contributed by atoms with Gasteiger partial charge < -0.3 is 14.2 Å². The second kappa shape index (κ2) is 8.00. The van der Waals surface area contributed by atoms with Gasteiger partial charge in [-0.1, -0.05) is 36.8 Å². The standard InChI is InChI=1S/C25H30N2O/c1(6-15-26-16-8-9-17-26)7-18-27-23-12-4-2-10-20(23)21-14-19-28-24-13-5-3-11-22(24)25(21)27/h2-5,10-13H,1,6-9,14-19H2. The van der Waals surface area contributed by atoms with Crippen LogP contribution in [0.25, 0.3) is 22.2 Å². The van der Waals surface area contributed by atoms with Crippen LogP contribution >= 0.6 is 0 Å². The quantitative estimate of drug-likeness (QED) is 0.529. The molecule has 0 unspecified atom stereocenters. The maximum Gasteiger partial charge on any atom is 0.128 e. The SMILES string of the molecule is c1ccc2c(c1)OCCc1c-2n(CCCCCN2CCCC2)c2ccccc12. The van der Waals surface area contributed by atoms with Crippen LogP contribution in [0.1, 0.15) is 37.7 Å². The third-order valence-corrected chi connectivity index (χ3v) is 6.38. The number of aromatic nitrogens is 1. The summed E-state index contributed by atoms with van der Waals surface area (Å²) in [6, 6.07) is 17.5. The van der Waals surface area contributed by atoms with Gasteiger partial charge >= 0.3 is 0 Å². The van der Waals surface area contributed by atoms with Crippen LogP contribution in [0.2, 0.25) is 0 Å². The molecular weight excluding hydrogens is 344 g/mol. The molecule has 0 aliphatic carbocycles. The maximum atomic E-state index is 6.07. The lowest BCUT2D eigenvalue weighted by atomic mass is 10.0. The summed E-state index contributed by atoms with van der Waals surface area (Å²) < 4.78 is 8.64. The molecule has 5 rings (SSSR count). The van der Waals surface area contributed by atoms with Crippen molar-refractivity contribution in [3.05, 3.63) is 54.1 Å². The zero-order valence-corrected chi connectivity index (χ0v) is 16.7. The van der Waals surface area contributed by atoms with E-state index in [2.05, 4.69) is 58.0 Å². The molecule has 3 heteroatoms. The third-order valence-electron chi connectivity index (χ3n) is 6.38. The Morgan fingerprint density at radius 2 is 1.61 bits per heavy atom. The summed E-state index contributed by atoms with van der Waals surface area (Å²) in [7, 11) is 0. The van der Waals surface area contributed by atoms with Crippen LogP contribution in [-0.2, 0) is 13.0 Å². The Labute approximate surface area is 167 Å². The van der Waals surface area contributed by atoms with Gasteiger partial charge in [-0.25, -0.2) is 0 Å². The van der Waals surface area contributed by atoms with Crippen molar-refractivity contribution in [1.82, 2.24) is 9.47 Å². The fraction of sp³-hybridized carbons (Fsp3) is 0.440. The van der Waals surface area contributed by atoms with Gasteiger partial charge in [0.25, 0.3) is 0 Å². The minimum atomic E-state index is 0.758. The van der Waals surface area contributed by atoms with Crippen molar-refractivity contribution < 1.29 is 4.74 Å². The van der Waals surface area contributed by atoms with E-state index in [9.17, 15) is 0 Å². The molecule has 3 heterocycles. The topological polar surface area (TPSA) is 17.4 Å². The molecule has 146 valence electrons. The summed E-state index contributed by atoms with van der Waals surface area (Å²) in [5.74, 6) is 1.03. The van der Waals surface area contributed by atoms with Gasteiger partial charge in [0.15, 0.2) is 0 Å². The van der Waals surface area contributed by atoms with Gasteiger partial charge in [-0.2, -0.15) is 0 Å². The van der Waals surface area contributed by atoms with Crippen molar-refractivity contribution in [1.29, 1.82) is 0 Å². The number of rotatable bonds is 6. The molecule has 0 radical (unpaired) electrons. The first-order valence-electron chi connectivity index (χ1n) is 11.0. The lowest BCUT2D eigenvalue weighted by Gasteiger charge is -2.15. The van der Waals surface area contributed by atoms with Crippen LogP contribution in [0, 0.1) is 0 Å². The van der Waals surface area contributed by atoms with Crippen LogP contribution in [0.5, 0.6) is 5.75 Å². The summed E-state index contributed by atoms with van der Waals surface area (Å²) in [5.41, 5.74) is 5.47. The Bertz CT molecular complexity index is 952. The molecule has 1 fully saturated rings.